The number of imidazole rings is 1. The molecule has 0 radical (unpaired) electrons. The Morgan fingerprint density at radius 2 is 1.94 bits per heavy atom. The highest BCUT2D eigenvalue weighted by Gasteiger charge is 2.08. The maximum atomic E-state index is 11.1. The van der Waals surface area contributed by atoms with E-state index in [2.05, 4.69) is 9.97 Å². The van der Waals surface area contributed by atoms with Crippen molar-refractivity contribution in [2.75, 3.05) is 0 Å². The fourth-order valence-corrected chi connectivity index (χ4v) is 1.80. The van der Waals surface area contributed by atoms with Crippen molar-refractivity contribution in [1.82, 2.24) is 9.97 Å². The third-order valence-electron chi connectivity index (χ3n) is 2.34. The van der Waals surface area contributed by atoms with E-state index in [1.165, 1.54) is 0 Å². The van der Waals surface area contributed by atoms with Gasteiger partial charge in [0.25, 0.3) is 0 Å². The molecule has 0 fully saturated rings. The topological polar surface area (TPSA) is 45.8 Å². The molecule has 2 aromatic rings. The zero-order valence-electron chi connectivity index (χ0n) is 9.04. The normalized spacial score (nSPS) is 10.4. The summed E-state index contributed by atoms with van der Waals surface area (Å²) in [6.45, 7) is 3.39. The number of carbonyl (C=O) groups excluding carboxylic acids is 1. The van der Waals surface area contributed by atoms with Crippen molar-refractivity contribution in [3.05, 3.63) is 40.8 Å². The minimum absolute atomic E-state index is 0.0517. The van der Waals surface area contributed by atoms with Crippen molar-refractivity contribution < 1.29 is 4.79 Å². The van der Waals surface area contributed by atoms with Crippen LogP contribution in [0.4, 0.5) is 0 Å². The van der Waals surface area contributed by atoms with Crippen LogP contribution in [0.1, 0.15) is 23.1 Å². The number of hydrogen-bond donors (Lipinski definition) is 1. The molecule has 0 aliphatic heterocycles. The van der Waals surface area contributed by atoms with Crippen LogP contribution in [0, 0.1) is 6.92 Å². The number of halogens is 1. The van der Waals surface area contributed by atoms with E-state index in [-0.39, 0.29) is 5.78 Å². The van der Waals surface area contributed by atoms with Crippen molar-refractivity contribution in [1.29, 1.82) is 0 Å². The van der Waals surface area contributed by atoms with Gasteiger partial charge in [0.15, 0.2) is 5.78 Å². The van der Waals surface area contributed by atoms with Gasteiger partial charge in [-0.1, -0.05) is 35.9 Å². The maximum Gasteiger partial charge on any atom is 0.159 e. The lowest BCUT2D eigenvalue weighted by molar-refractivity contribution is 0.101. The first-order valence-electron chi connectivity index (χ1n) is 4.91. The third kappa shape index (κ3) is 1.99. The third-order valence-corrected chi connectivity index (χ3v) is 2.62. The van der Waals surface area contributed by atoms with E-state index in [1.54, 1.807) is 19.1 Å². The van der Waals surface area contributed by atoms with E-state index in [0.717, 1.165) is 11.4 Å². The van der Waals surface area contributed by atoms with Crippen molar-refractivity contribution in [3.63, 3.8) is 0 Å². The molecule has 0 aliphatic rings. The predicted molar refractivity (Wildman–Crippen MR) is 63.8 cm³/mol. The van der Waals surface area contributed by atoms with Gasteiger partial charge < -0.3 is 4.98 Å². The van der Waals surface area contributed by atoms with Crippen LogP contribution in [0.15, 0.2) is 24.3 Å². The van der Waals surface area contributed by atoms with Crippen LogP contribution < -0.4 is 0 Å². The highest BCUT2D eigenvalue weighted by molar-refractivity contribution is 6.31. The van der Waals surface area contributed by atoms with Crippen molar-refractivity contribution in [2.45, 2.75) is 13.8 Å². The quantitative estimate of drug-likeness (QED) is 0.811. The lowest BCUT2D eigenvalue weighted by atomic mass is 10.1. The van der Waals surface area contributed by atoms with Crippen LogP contribution in [0.3, 0.4) is 0 Å². The van der Waals surface area contributed by atoms with Gasteiger partial charge in [0.05, 0.1) is 0 Å². The predicted octanol–water partition coefficient (Wildman–Crippen LogP) is 3.24. The van der Waals surface area contributed by atoms with E-state index in [9.17, 15) is 4.79 Å². The SMILES string of the molecule is CC(=O)c1ccc(-c2nc(C)[nH]c2Cl)cc1. The summed E-state index contributed by atoms with van der Waals surface area (Å²) < 4.78 is 0. The Morgan fingerprint density at radius 3 is 2.38 bits per heavy atom. The summed E-state index contributed by atoms with van der Waals surface area (Å²) in [5, 5.41) is 0.521. The summed E-state index contributed by atoms with van der Waals surface area (Å²) in [5.41, 5.74) is 2.31. The molecule has 0 saturated heterocycles. The largest absolute Gasteiger partial charge is 0.333 e. The molecule has 1 aromatic carbocycles. The number of H-pyrrole nitrogens is 1. The number of Topliss-reactive ketones (excluding diaryl/α,β-unsaturated/α-hetero) is 1. The molecule has 1 N–H and O–H groups in total. The van der Waals surface area contributed by atoms with Crippen molar-refractivity contribution in [2.24, 2.45) is 0 Å². The second-order valence-corrected chi connectivity index (χ2v) is 4.00. The summed E-state index contributed by atoms with van der Waals surface area (Å²) >= 11 is 6.00. The summed E-state index contributed by atoms with van der Waals surface area (Å²) in [5.74, 6) is 0.825. The molecule has 0 spiro atoms. The molecule has 0 aliphatic carbocycles. The molecule has 82 valence electrons. The first-order chi connectivity index (χ1) is 7.58. The van der Waals surface area contributed by atoms with Gasteiger partial charge in [-0.15, -0.1) is 0 Å². The van der Waals surface area contributed by atoms with E-state index >= 15 is 0 Å². The highest BCUT2D eigenvalue weighted by atomic mass is 35.5. The van der Waals surface area contributed by atoms with Crippen LogP contribution in [-0.2, 0) is 0 Å². The maximum absolute atomic E-state index is 11.1. The van der Waals surface area contributed by atoms with Crippen LogP contribution in [0.5, 0.6) is 0 Å². The van der Waals surface area contributed by atoms with E-state index < -0.39 is 0 Å². The zero-order valence-corrected chi connectivity index (χ0v) is 9.80. The average Bonchev–Trinajstić information content (AvgIpc) is 2.58. The Morgan fingerprint density at radius 1 is 1.31 bits per heavy atom. The molecular formula is C12H11ClN2O. The lowest BCUT2D eigenvalue weighted by Crippen LogP contribution is -1.91. The fraction of sp³-hybridized carbons (Fsp3) is 0.167. The smallest absolute Gasteiger partial charge is 0.159 e. The summed E-state index contributed by atoms with van der Waals surface area (Å²) in [6.07, 6.45) is 0. The Kier molecular flexibility index (Phi) is 2.79. The van der Waals surface area contributed by atoms with Gasteiger partial charge in [-0.2, -0.15) is 0 Å². The first-order valence-corrected chi connectivity index (χ1v) is 5.29. The van der Waals surface area contributed by atoms with Gasteiger partial charge in [-0.25, -0.2) is 4.98 Å². The van der Waals surface area contributed by atoms with Crippen molar-refractivity contribution in [3.8, 4) is 11.3 Å². The molecule has 16 heavy (non-hydrogen) atoms. The molecule has 0 saturated carbocycles. The Bertz CT molecular complexity index is 528. The molecule has 0 amide bonds. The van der Waals surface area contributed by atoms with E-state index in [4.69, 9.17) is 11.6 Å². The number of hydrogen-bond acceptors (Lipinski definition) is 2. The monoisotopic (exact) mass is 234 g/mol. The molecule has 0 atom stereocenters. The van der Waals surface area contributed by atoms with E-state index in [0.29, 0.717) is 16.4 Å². The zero-order chi connectivity index (χ0) is 11.7. The van der Waals surface area contributed by atoms with Gasteiger partial charge in [0.2, 0.25) is 0 Å². The minimum Gasteiger partial charge on any atom is -0.333 e. The number of aryl methyl sites for hydroxylation is 1. The molecule has 1 heterocycles. The number of nitrogens with zero attached hydrogens (tertiary/aromatic N) is 1. The standard InChI is InChI=1S/C12H11ClN2O/c1-7(16)9-3-5-10(6-4-9)11-12(13)15-8(2)14-11/h3-6H,1-2H3,(H,14,15). The number of ketones is 1. The number of nitrogens with one attached hydrogen (secondary N) is 1. The van der Waals surface area contributed by atoms with Gasteiger partial charge >= 0.3 is 0 Å². The molecule has 1 aromatic heterocycles. The van der Waals surface area contributed by atoms with Gasteiger partial charge in [0, 0.05) is 11.1 Å². The molecular weight excluding hydrogens is 224 g/mol. The Hall–Kier alpha value is -1.61. The van der Waals surface area contributed by atoms with Gasteiger partial charge in [0.1, 0.15) is 16.7 Å². The minimum atomic E-state index is 0.0517. The van der Waals surface area contributed by atoms with Crippen LogP contribution in [0.2, 0.25) is 5.15 Å². The summed E-state index contributed by atoms with van der Waals surface area (Å²) in [7, 11) is 0. The van der Waals surface area contributed by atoms with Crippen molar-refractivity contribution >= 4 is 17.4 Å². The molecule has 3 nitrogen and oxygen atoms in total. The molecule has 4 heteroatoms. The average molecular weight is 235 g/mol. The number of carbonyl (C=O) groups is 1. The van der Waals surface area contributed by atoms with Gasteiger partial charge in [-0.3, -0.25) is 4.79 Å². The van der Waals surface area contributed by atoms with Crippen LogP contribution >= 0.6 is 11.6 Å². The lowest BCUT2D eigenvalue weighted by Gasteiger charge is -1.99. The fourth-order valence-electron chi connectivity index (χ4n) is 1.52. The second kappa shape index (κ2) is 4.10. The molecule has 2 rings (SSSR count). The number of aromatic nitrogens is 2. The highest BCUT2D eigenvalue weighted by Crippen LogP contribution is 2.25. The Balaban J connectivity index is 2.42. The number of rotatable bonds is 2. The van der Waals surface area contributed by atoms with Crippen LogP contribution in [-0.4, -0.2) is 15.8 Å². The number of benzene rings is 1. The molecule has 0 bridgehead atoms. The summed E-state index contributed by atoms with van der Waals surface area (Å²) in [4.78, 5) is 18.3. The first kappa shape index (κ1) is 10.9. The number of aromatic amines is 1. The molecule has 0 unspecified atom stereocenters. The van der Waals surface area contributed by atoms with E-state index in [1.807, 2.05) is 19.1 Å². The Labute approximate surface area is 98.5 Å². The second-order valence-electron chi connectivity index (χ2n) is 3.62. The van der Waals surface area contributed by atoms with Gasteiger partial charge in [-0.05, 0) is 13.8 Å². The van der Waals surface area contributed by atoms with Crippen LogP contribution in [0.25, 0.3) is 11.3 Å². The summed E-state index contributed by atoms with van der Waals surface area (Å²) in [6, 6.07) is 7.24.